The van der Waals surface area contributed by atoms with Gasteiger partial charge in [-0.25, -0.2) is 0 Å². The fourth-order valence-electron chi connectivity index (χ4n) is 4.56. The zero-order chi connectivity index (χ0) is 20.4. The van der Waals surface area contributed by atoms with Crippen molar-refractivity contribution >= 4 is 23.2 Å². The highest BCUT2D eigenvalue weighted by molar-refractivity contribution is 6.30. The average molecular weight is 414 g/mol. The molecule has 1 fully saturated rings. The molecule has 154 valence electrons. The van der Waals surface area contributed by atoms with Gasteiger partial charge in [0.15, 0.2) is 0 Å². The Morgan fingerprint density at radius 1 is 1.21 bits per heavy atom. The quantitative estimate of drug-likeness (QED) is 0.816. The molecule has 6 heteroatoms. The fourth-order valence-corrected chi connectivity index (χ4v) is 4.69. The molecule has 2 aliphatic rings. The van der Waals surface area contributed by atoms with Crippen LogP contribution in [-0.2, 0) is 17.8 Å². The second kappa shape index (κ2) is 8.64. The molecule has 2 atom stereocenters. The molecule has 2 aliphatic heterocycles. The minimum Gasteiger partial charge on any atom is -0.497 e. The highest BCUT2D eigenvalue weighted by atomic mass is 35.5. The normalized spacial score (nSPS) is 21.3. The van der Waals surface area contributed by atoms with Crippen molar-refractivity contribution in [2.45, 2.75) is 25.9 Å². The van der Waals surface area contributed by atoms with Crippen LogP contribution in [0.1, 0.15) is 18.1 Å². The molecule has 4 rings (SSSR count). The van der Waals surface area contributed by atoms with Gasteiger partial charge in [0.1, 0.15) is 5.75 Å². The number of ether oxygens (including phenoxy) is 1. The number of nitrogens with one attached hydrogen (secondary N) is 1. The number of methoxy groups -OCH3 is 1. The Balaban J connectivity index is 1.59. The van der Waals surface area contributed by atoms with Gasteiger partial charge in [-0.1, -0.05) is 29.8 Å². The molecule has 5 nitrogen and oxygen atoms in total. The summed E-state index contributed by atoms with van der Waals surface area (Å²) in [5.41, 5.74) is 3.68. The topological polar surface area (TPSA) is 44.8 Å². The summed E-state index contributed by atoms with van der Waals surface area (Å²) in [4.78, 5) is 17.8. The number of halogens is 1. The number of carbonyl (C=O) groups excluding carboxylic acids is 1. The van der Waals surface area contributed by atoms with E-state index in [1.165, 1.54) is 16.8 Å². The maximum absolute atomic E-state index is 12.9. The Hall–Kier alpha value is -2.24. The van der Waals surface area contributed by atoms with Crippen LogP contribution in [0.2, 0.25) is 5.02 Å². The molecule has 0 bridgehead atoms. The molecule has 2 aromatic rings. The van der Waals surface area contributed by atoms with Gasteiger partial charge in [-0.2, -0.15) is 0 Å². The van der Waals surface area contributed by atoms with Gasteiger partial charge in [0.25, 0.3) is 0 Å². The predicted octanol–water partition coefficient (Wildman–Crippen LogP) is 3.35. The van der Waals surface area contributed by atoms with E-state index >= 15 is 0 Å². The largest absolute Gasteiger partial charge is 0.497 e. The van der Waals surface area contributed by atoms with Gasteiger partial charge >= 0.3 is 0 Å². The van der Waals surface area contributed by atoms with Gasteiger partial charge < -0.3 is 15.0 Å². The maximum Gasteiger partial charge on any atom is 0.225 e. The summed E-state index contributed by atoms with van der Waals surface area (Å²) >= 11 is 6.03. The number of amides is 1. The Labute approximate surface area is 177 Å². The molecule has 29 heavy (non-hydrogen) atoms. The molecule has 0 radical (unpaired) electrons. The van der Waals surface area contributed by atoms with Crippen molar-refractivity contribution in [1.29, 1.82) is 0 Å². The van der Waals surface area contributed by atoms with E-state index in [1.54, 1.807) is 7.11 Å². The van der Waals surface area contributed by atoms with E-state index < -0.39 is 0 Å². The van der Waals surface area contributed by atoms with E-state index in [0.717, 1.165) is 43.4 Å². The summed E-state index contributed by atoms with van der Waals surface area (Å²) in [6.07, 6.45) is 0.765. The zero-order valence-corrected chi connectivity index (χ0v) is 17.8. The first kappa shape index (κ1) is 20.0. The van der Waals surface area contributed by atoms with Gasteiger partial charge in [0.05, 0.1) is 19.1 Å². The van der Waals surface area contributed by atoms with Crippen LogP contribution in [0.5, 0.6) is 5.75 Å². The average Bonchev–Trinajstić information content (AvgIpc) is 2.74. The molecular weight excluding hydrogens is 386 g/mol. The van der Waals surface area contributed by atoms with Gasteiger partial charge in [-0.05, 0) is 42.7 Å². The Morgan fingerprint density at radius 2 is 2.00 bits per heavy atom. The van der Waals surface area contributed by atoms with Crippen LogP contribution in [0, 0.1) is 5.92 Å². The summed E-state index contributed by atoms with van der Waals surface area (Å²) in [5, 5.41) is 3.81. The van der Waals surface area contributed by atoms with E-state index in [0.29, 0.717) is 6.54 Å². The number of rotatable bonds is 5. The summed E-state index contributed by atoms with van der Waals surface area (Å²) in [5.74, 6) is 0.962. The van der Waals surface area contributed by atoms with Gasteiger partial charge in [-0.3, -0.25) is 9.69 Å². The highest BCUT2D eigenvalue weighted by Gasteiger charge is 2.41. The first-order valence-corrected chi connectivity index (χ1v) is 10.6. The molecule has 2 heterocycles. The molecule has 0 spiro atoms. The van der Waals surface area contributed by atoms with Crippen LogP contribution < -0.4 is 15.0 Å². The number of nitrogens with zero attached hydrogens (tertiary/aromatic N) is 2. The molecular formula is C23H28ClN3O2. The van der Waals surface area contributed by atoms with Crippen LogP contribution in [-0.4, -0.2) is 50.1 Å². The summed E-state index contributed by atoms with van der Waals surface area (Å²) in [6.45, 7) is 6.22. The molecule has 2 aromatic carbocycles. The van der Waals surface area contributed by atoms with E-state index in [4.69, 9.17) is 16.3 Å². The Kier molecular flexibility index (Phi) is 5.97. The monoisotopic (exact) mass is 413 g/mol. The Bertz CT molecular complexity index is 871. The highest BCUT2D eigenvalue weighted by Crippen LogP contribution is 2.38. The molecule has 0 aromatic heterocycles. The Morgan fingerprint density at radius 3 is 2.72 bits per heavy atom. The second-order valence-electron chi connectivity index (χ2n) is 7.82. The number of hydrogen-bond acceptors (Lipinski definition) is 4. The standard InChI is InChI=1S/C23H28ClN3O2/c1-3-25-23(28)20-12-17-6-9-19(29-2)13-21(17)27-11-10-26(15-22(20)27)14-16-4-7-18(24)8-5-16/h4-9,13,20,22H,3,10-12,14-15H2,1-2H3,(H,25,28)/t20-,22+/m0/s1. The third-order valence-corrected chi connectivity index (χ3v) is 6.27. The number of benzene rings is 2. The lowest BCUT2D eigenvalue weighted by Crippen LogP contribution is -2.60. The van der Waals surface area contributed by atoms with Crippen LogP contribution in [0.25, 0.3) is 0 Å². The molecule has 1 N–H and O–H groups in total. The van der Waals surface area contributed by atoms with Crippen molar-refractivity contribution in [2.75, 3.05) is 38.2 Å². The first-order chi connectivity index (χ1) is 14.1. The zero-order valence-electron chi connectivity index (χ0n) is 17.0. The predicted molar refractivity (Wildman–Crippen MR) is 117 cm³/mol. The minimum atomic E-state index is -0.0520. The van der Waals surface area contributed by atoms with E-state index in [-0.39, 0.29) is 17.9 Å². The number of piperazine rings is 1. The molecule has 0 unspecified atom stereocenters. The van der Waals surface area contributed by atoms with Crippen molar-refractivity contribution in [1.82, 2.24) is 10.2 Å². The SMILES string of the molecule is CCNC(=O)[C@H]1Cc2ccc(OC)cc2N2CCN(Cc3ccc(Cl)cc3)C[C@H]12. The van der Waals surface area contributed by atoms with E-state index in [9.17, 15) is 4.79 Å². The van der Waals surface area contributed by atoms with Crippen LogP contribution in [0.4, 0.5) is 5.69 Å². The van der Waals surface area contributed by atoms with Crippen molar-refractivity contribution in [3.8, 4) is 5.75 Å². The number of hydrogen-bond donors (Lipinski definition) is 1. The van der Waals surface area contributed by atoms with Crippen LogP contribution in [0.3, 0.4) is 0 Å². The summed E-state index contributed by atoms with van der Waals surface area (Å²) in [6, 6.07) is 14.4. The fraction of sp³-hybridized carbons (Fsp3) is 0.435. The van der Waals surface area contributed by atoms with Gasteiger partial charge in [0.2, 0.25) is 5.91 Å². The number of fused-ring (bicyclic) bond motifs is 3. The van der Waals surface area contributed by atoms with Crippen molar-refractivity contribution < 1.29 is 9.53 Å². The lowest BCUT2D eigenvalue weighted by molar-refractivity contribution is -0.126. The lowest BCUT2D eigenvalue weighted by atomic mass is 9.83. The molecule has 1 saturated heterocycles. The lowest BCUT2D eigenvalue weighted by Gasteiger charge is -2.49. The summed E-state index contributed by atoms with van der Waals surface area (Å²) in [7, 11) is 1.70. The van der Waals surface area contributed by atoms with Crippen LogP contribution in [0.15, 0.2) is 42.5 Å². The minimum absolute atomic E-state index is 0.0520. The first-order valence-electron chi connectivity index (χ1n) is 10.3. The number of anilines is 1. The van der Waals surface area contributed by atoms with E-state index in [2.05, 4.69) is 39.4 Å². The number of carbonyl (C=O) groups is 1. The van der Waals surface area contributed by atoms with E-state index in [1.807, 2.05) is 25.1 Å². The van der Waals surface area contributed by atoms with Crippen molar-refractivity contribution in [2.24, 2.45) is 5.92 Å². The summed E-state index contributed by atoms with van der Waals surface area (Å²) < 4.78 is 5.46. The maximum atomic E-state index is 12.9. The van der Waals surface area contributed by atoms with Crippen molar-refractivity contribution in [3.63, 3.8) is 0 Å². The molecule has 0 aliphatic carbocycles. The smallest absolute Gasteiger partial charge is 0.225 e. The van der Waals surface area contributed by atoms with Gasteiger partial charge in [0, 0.05) is 49.5 Å². The van der Waals surface area contributed by atoms with Gasteiger partial charge in [-0.15, -0.1) is 0 Å². The third kappa shape index (κ3) is 4.21. The third-order valence-electron chi connectivity index (χ3n) is 6.02. The van der Waals surface area contributed by atoms with Crippen LogP contribution >= 0.6 is 11.6 Å². The molecule has 1 amide bonds. The van der Waals surface area contributed by atoms with Crippen molar-refractivity contribution in [3.05, 3.63) is 58.6 Å². The second-order valence-corrected chi connectivity index (χ2v) is 8.26. The molecule has 0 saturated carbocycles.